The molecule has 2 aliphatic heterocycles. The van der Waals surface area contributed by atoms with Gasteiger partial charge in [-0.15, -0.1) is 0 Å². The van der Waals surface area contributed by atoms with Crippen molar-refractivity contribution in [2.75, 3.05) is 67.1 Å². The van der Waals surface area contributed by atoms with E-state index in [2.05, 4.69) is 15.9 Å². The molecule has 2 heterocycles. The standard InChI is InChI=1S/C21H33N3O4/c1-22(2)13-15-28-20-17(6-4-7-18(20)26-3)16-23-9-11-24(12-10-23)21(25)19-8-5-14-27-19/h4,6-7,19H,5,8-16H2,1-3H3/t19-/m1/s1. The normalized spacial score (nSPS) is 20.6. The molecular formula is C21H33N3O4. The fourth-order valence-corrected chi connectivity index (χ4v) is 3.68. The molecule has 156 valence electrons. The van der Waals surface area contributed by atoms with Gasteiger partial charge in [-0.25, -0.2) is 0 Å². The van der Waals surface area contributed by atoms with Crippen LogP contribution < -0.4 is 9.47 Å². The Morgan fingerprint density at radius 2 is 2.04 bits per heavy atom. The summed E-state index contributed by atoms with van der Waals surface area (Å²) < 4.78 is 17.1. The van der Waals surface area contributed by atoms with Crippen LogP contribution in [0, 0.1) is 0 Å². The Morgan fingerprint density at radius 3 is 2.68 bits per heavy atom. The number of amides is 1. The van der Waals surface area contributed by atoms with Crippen molar-refractivity contribution in [2.45, 2.75) is 25.5 Å². The van der Waals surface area contributed by atoms with Gasteiger partial charge in [-0.1, -0.05) is 12.1 Å². The zero-order valence-corrected chi connectivity index (χ0v) is 17.4. The van der Waals surface area contributed by atoms with Crippen LogP contribution in [-0.4, -0.2) is 93.9 Å². The second-order valence-electron chi connectivity index (χ2n) is 7.70. The third kappa shape index (κ3) is 5.37. The first-order valence-electron chi connectivity index (χ1n) is 10.1. The molecule has 3 rings (SSSR count). The van der Waals surface area contributed by atoms with Gasteiger partial charge in [0.1, 0.15) is 12.7 Å². The highest BCUT2D eigenvalue weighted by molar-refractivity contribution is 5.81. The Morgan fingerprint density at radius 1 is 1.25 bits per heavy atom. The van der Waals surface area contributed by atoms with Gasteiger partial charge >= 0.3 is 0 Å². The second kappa shape index (κ2) is 10.1. The molecule has 1 amide bonds. The van der Waals surface area contributed by atoms with Gasteiger partial charge in [-0.05, 0) is 33.0 Å². The highest BCUT2D eigenvalue weighted by Crippen LogP contribution is 2.32. The highest BCUT2D eigenvalue weighted by Gasteiger charge is 2.30. The van der Waals surface area contributed by atoms with Crippen molar-refractivity contribution in [3.63, 3.8) is 0 Å². The third-order valence-electron chi connectivity index (χ3n) is 5.35. The maximum Gasteiger partial charge on any atom is 0.251 e. The van der Waals surface area contributed by atoms with Gasteiger partial charge in [-0.3, -0.25) is 9.69 Å². The number of benzene rings is 1. The zero-order chi connectivity index (χ0) is 19.9. The third-order valence-corrected chi connectivity index (χ3v) is 5.35. The average Bonchev–Trinajstić information content (AvgIpc) is 3.23. The number of ether oxygens (including phenoxy) is 3. The van der Waals surface area contributed by atoms with Crippen molar-refractivity contribution in [3.8, 4) is 11.5 Å². The zero-order valence-electron chi connectivity index (χ0n) is 17.4. The van der Waals surface area contributed by atoms with Crippen molar-refractivity contribution >= 4 is 5.91 Å². The maximum atomic E-state index is 12.5. The smallest absolute Gasteiger partial charge is 0.251 e. The molecule has 1 aromatic carbocycles. The Labute approximate surface area is 168 Å². The molecule has 0 saturated carbocycles. The van der Waals surface area contributed by atoms with Crippen molar-refractivity contribution in [2.24, 2.45) is 0 Å². The molecule has 2 aliphatic rings. The number of nitrogens with zero attached hydrogens (tertiary/aromatic N) is 3. The largest absolute Gasteiger partial charge is 0.493 e. The highest BCUT2D eigenvalue weighted by atomic mass is 16.5. The number of carbonyl (C=O) groups excluding carboxylic acids is 1. The van der Waals surface area contributed by atoms with Crippen LogP contribution in [0.3, 0.4) is 0 Å². The Bertz CT molecular complexity index is 639. The lowest BCUT2D eigenvalue weighted by Gasteiger charge is -2.36. The van der Waals surface area contributed by atoms with Gasteiger partial charge in [0.25, 0.3) is 5.91 Å². The number of likely N-dealkylation sites (N-methyl/N-ethyl adjacent to an activating group) is 1. The predicted octanol–water partition coefficient (Wildman–Crippen LogP) is 1.46. The maximum absolute atomic E-state index is 12.5. The van der Waals surface area contributed by atoms with E-state index in [-0.39, 0.29) is 12.0 Å². The molecule has 7 nitrogen and oxygen atoms in total. The lowest BCUT2D eigenvalue weighted by Crippen LogP contribution is -2.51. The van der Waals surface area contributed by atoms with E-state index in [1.807, 2.05) is 31.1 Å². The van der Waals surface area contributed by atoms with Crippen LogP contribution in [0.4, 0.5) is 0 Å². The molecule has 0 spiro atoms. The summed E-state index contributed by atoms with van der Waals surface area (Å²) in [7, 11) is 5.74. The number of piperazine rings is 1. The lowest BCUT2D eigenvalue weighted by molar-refractivity contribution is -0.142. The molecule has 0 bridgehead atoms. The van der Waals surface area contributed by atoms with Crippen LogP contribution in [0.5, 0.6) is 11.5 Å². The molecule has 0 N–H and O–H groups in total. The van der Waals surface area contributed by atoms with Crippen LogP contribution in [0.25, 0.3) is 0 Å². The van der Waals surface area contributed by atoms with E-state index >= 15 is 0 Å². The number of hydrogen-bond donors (Lipinski definition) is 0. The summed E-state index contributed by atoms with van der Waals surface area (Å²) in [6.45, 7) is 6.17. The van der Waals surface area contributed by atoms with Gasteiger partial charge in [0, 0.05) is 51.4 Å². The Hall–Kier alpha value is -1.83. The SMILES string of the molecule is COc1cccc(CN2CCN(C(=O)[C@H]3CCCO3)CC2)c1OCCN(C)C. The van der Waals surface area contributed by atoms with E-state index in [9.17, 15) is 4.79 Å². The summed E-state index contributed by atoms with van der Waals surface area (Å²) in [5, 5.41) is 0. The monoisotopic (exact) mass is 391 g/mol. The van der Waals surface area contributed by atoms with E-state index in [0.29, 0.717) is 13.2 Å². The molecule has 1 aromatic rings. The molecule has 2 fully saturated rings. The van der Waals surface area contributed by atoms with E-state index in [1.54, 1.807) is 7.11 Å². The Kier molecular flexibility index (Phi) is 7.53. The second-order valence-corrected chi connectivity index (χ2v) is 7.70. The summed E-state index contributed by atoms with van der Waals surface area (Å²) in [6, 6.07) is 6.04. The molecule has 0 aliphatic carbocycles. The van der Waals surface area contributed by atoms with Crippen molar-refractivity contribution < 1.29 is 19.0 Å². The summed E-state index contributed by atoms with van der Waals surface area (Å²) in [5.74, 6) is 1.75. The molecule has 28 heavy (non-hydrogen) atoms. The summed E-state index contributed by atoms with van der Waals surface area (Å²) in [5.41, 5.74) is 1.12. The van der Waals surface area contributed by atoms with Crippen molar-refractivity contribution in [1.29, 1.82) is 0 Å². The summed E-state index contributed by atoms with van der Waals surface area (Å²) in [4.78, 5) is 18.9. The first kappa shape index (κ1) is 20.9. The van der Waals surface area contributed by atoms with Crippen LogP contribution >= 0.6 is 0 Å². The van der Waals surface area contributed by atoms with E-state index in [1.165, 1.54) is 0 Å². The fourth-order valence-electron chi connectivity index (χ4n) is 3.68. The fraction of sp³-hybridized carbons (Fsp3) is 0.667. The minimum atomic E-state index is -0.221. The number of rotatable bonds is 8. The molecule has 2 saturated heterocycles. The minimum absolute atomic E-state index is 0.159. The number of methoxy groups -OCH3 is 1. The van der Waals surface area contributed by atoms with Gasteiger partial charge in [-0.2, -0.15) is 0 Å². The lowest BCUT2D eigenvalue weighted by atomic mass is 10.1. The predicted molar refractivity (Wildman–Crippen MR) is 108 cm³/mol. The van der Waals surface area contributed by atoms with Crippen LogP contribution in [0.1, 0.15) is 18.4 Å². The molecular weight excluding hydrogens is 358 g/mol. The first-order chi connectivity index (χ1) is 13.6. The first-order valence-corrected chi connectivity index (χ1v) is 10.1. The van der Waals surface area contributed by atoms with Gasteiger partial charge in [0.05, 0.1) is 7.11 Å². The number of carbonyl (C=O) groups is 1. The quantitative estimate of drug-likeness (QED) is 0.669. The molecule has 0 unspecified atom stereocenters. The van der Waals surface area contributed by atoms with E-state index in [0.717, 1.165) is 69.2 Å². The number of para-hydroxylation sites is 1. The van der Waals surface area contributed by atoms with Gasteiger partial charge in [0.2, 0.25) is 0 Å². The van der Waals surface area contributed by atoms with Gasteiger partial charge < -0.3 is 24.0 Å². The minimum Gasteiger partial charge on any atom is -0.493 e. The van der Waals surface area contributed by atoms with Crippen LogP contribution in [0.15, 0.2) is 18.2 Å². The molecule has 7 heteroatoms. The summed E-state index contributed by atoms with van der Waals surface area (Å²) in [6.07, 6.45) is 1.63. The van der Waals surface area contributed by atoms with Crippen molar-refractivity contribution in [1.82, 2.24) is 14.7 Å². The van der Waals surface area contributed by atoms with Crippen LogP contribution in [-0.2, 0) is 16.1 Å². The Balaban J connectivity index is 1.57. The van der Waals surface area contributed by atoms with Crippen LogP contribution in [0.2, 0.25) is 0 Å². The van der Waals surface area contributed by atoms with E-state index < -0.39 is 0 Å². The topological polar surface area (TPSA) is 54.5 Å². The van der Waals surface area contributed by atoms with E-state index in [4.69, 9.17) is 14.2 Å². The number of hydrogen-bond acceptors (Lipinski definition) is 6. The van der Waals surface area contributed by atoms with Crippen molar-refractivity contribution in [3.05, 3.63) is 23.8 Å². The molecule has 0 radical (unpaired) electrons. The molecule has 1 atom stereocenters. The van der Waals surface area contributed by atoms with Gasteiger partial charge in [0.15, 0.2) is 11.5 Å². The molecule has 0 aromatic heterocycles. The average molecular weight is 392 g/mol. The summed E-state index contributed by atoms with van der Waals surface area (Å²) >= 11 is 0.